The third kappa shape index (κ3) is 3.75. The van der Waals surface area contributed by atoms with Gasteiger partial charge in [-0.1, -0.05) is 24.3 Å². The highest BCUT2D eigenvalue weighted by Crippen LogP contribution is 2.46. The van der Waals surface area contributed by atoms with Crippen LogP contribution in [-0.4, -0.2) is 38.0 Å². The van der Waals surface area contributed by atoms with Crippen molar-refractivity contribution in [3.63, 3.8) is 0 Å². The molecule has 1 saturated heterocycles. The zero-order valence-corrected chi connectivity index (χ0v) is 18.3. The van der Waals surface area contributed by atoms with Crippen molar-refractivity contribution in [2.75, 3.05) is 12.3 Å². The number of amides is 2. The Kier molecular flexibility index (Phi) is 4.67. The van der Waals surface area contributed by atoms with Crippen LogP contribution in [0.5, 0.6) is 0 Å². The second-order valence-electron chi connectivity index (χ2n) is 9.39. The van der Waals surface area contributed by atoms with Crippen LogP contribution >= 0.6 is 0 Å². The molecule has 3 unspecified atom stereocenters. The molecule has 33 heavy (non-hydrogen) atoms. The first-order valence-electron chi connectivity index (χ1n) is 11.5. The number of benzene rings is 1. The summed E-state index contributed by atoms with van der Waals surface area (Å²) in [6.45, 7) is 2.17. The fraction of sp³-hybridized carbons (Fsp3) is 0.360. The van der Waals surface area contributed by atoms with Crippen molar-refractivity contribution in [1.82, 2.24) is 25.0 Å². The Morgan fingerprint density at radius 2 is 1.94 bits per heavy atom. The van der Waals surface area contributed by atoms with Crippen molar-refractivity contribution in [3.05, 3.63) is 76.7 Å². The maximum absolute atomic E-state index is 12.8. The molecule has 1 saturated carbocycles. The van der Waals surface area contributed by atoms with Gasteiger partial charge < -0.3 is 16.0 Å². The molecule has 2 aromatic heterocycles. The second-order valence-corrected chi connectivity index (χ2v) is 9.39. The lowest BCUT2D eigenvalue weighted by atomic mass is 10.1. The van der Waals surface area contributed by atoms with E-state index in [2.05, 4.69) is 39.7 Å². The third-order valence-electron chi connectivity index (χ3n) is 7.13. The van der Waals surface area contributed by atoms with E-state index < -0.39 is 0 Å². The summed E-state index contributed by atoms with van der Waals surface area (Å²) < 4.78 is 1.77. The van der Waals surface area contributed by atoms with Crippen molar-refractivity contribution in [3.8, 4) is 0 Å². The van der Waals surface area contributed by atoms with Crippen LogP contribution in [0.15, 0.2) is 48.9 Å². The highest BCUT2D eigenvalue weighted by atomic mass is 16.2. The van der Waals surface area contributed by atoms with Crippen molar-refractivity contribution in [2.45, 2.75) is 38.4 Å². The summed E-state index contributed by atoms with van der Waals surface area (Å²) in [6, 6.07) is 10.1. The van der Waals surface area contributed by atoms with Gasteiger partial charge >= 0.3 is 0 Å². The minimum atomic E-state index is -0.141. The highest BCUT2D eigenvalue weighted by Gasteiger charge is 2.51. The number of carbonyl (C=O) groups excluding carboxylic acids is 2. The summed E-state index contributed by atoms with van der Waals surface area (Å²) in [5.74, 6) is 1.62. The van der Waals surface area contributed by atoms with Crippen LogP contribution in [0.4, 0.5) is 5.82 Å². The van der Waals surface area contributed by atoms with Crippen molar-refractivity contribution < 1.29 is 9.59 Å². The molecule has 1 aromatic carbocycles. The SMILES string of the molecule is Nc1nccc2c1CCC2NC(=O)c1cnn(Cc2ccc(CN3CC4CC4C3=O)cc2)c1. The van der Waals surface area contributed by atoms with E-state index >= 15 is 0 Å². The number of anilines is 1. The maximum atomic E-state index is 12.8. The molecule has 2 aliphatic carbocycles. The predicted molar refractivity (Wildman–Crippen MR) is 122 cm³/mol. The Morgan fingerprint density at radius 3 is 2.70 bits per heavy atom. The summed E-state index contributed by atoms with van der Waals surface area (Å²) >= 11 is 0. The second kappa shape index (κ2) is 7.72. The van der Waals surface area contributed by atoms with Crippen molar-refractivity contribution >= 4 is 17.6 Å². The van der Waals surface area contributed by atoms with Crippen LogP contribution in [0.25, 0.3) is 0 Å². The Hall–Kier alpha value is -3.68. The smallest absolute Gasteiger partial charge is 0.254 e. The molecule has 168 valence electrons. The van der Waals surface area contributed by atoms with Crippen LogP contribution in [0.1, 0.15) is 51.5 Å². The van der Waals surface area contributed by atoms with Gasteiger partial charge in [0.1, 0.15) is 5.82 Å². The number of nitrogen functional groups attached to an aromatic ring is 1. The number of hydrogen-bond donors (Lipinski definition) is 2. The summed E-state index contributed by atoms with van der Waals surface area (Å²) in [7, 11) is 0. The molecule has 2 fully saturated rings. The molecule has 3 N–H and O–H groups in total. The Balaban J connectivity index is 1.06. The van der Waals surface area contributed by atoms with E-state index in [0.29, 0.717) is 42.2 Å². The fourth-order valence-electron chi connectivity index (χ4n) is 5.19. The van der Waals surface area contributed by atoms with Gasteiger partial charge in [-0.2, -0.15) is 5.10 Å². The summed E-state index contributed by atoms with van der Waals surface area (Å²) in [5.41, 5.74) is 10.8. The standard InChI is InChI=1S/C25H26N6O2/c26-23-20-5-6-22(19(20)7-8-27-23)29-24(32)18-10-28-31(14-18)12-16-3-1-15(2-4-16)11-30-13-17-9-21(17)25(30)33/h1-4,7-8,10,14,17,21-22H,5-6,9,11-13H2,(H2,26,27)(H,29,32). The van der Waals surface area contributed by atoms with E-state index in [1.807, 2.05) is 11.0 Å². The van der Waals surface area contributed by atoms with Crippen LogP contribution in [0.3, 0.4) is 0 Å². The molecule has 6 rings (SSSR count). The average molecular weight is 443 g/mol. The lowest BCUT2D eigenvalue weighted by molar-refractivity contribution is -0.130. The number of likely N-dealkylation sites (tertiary alicyclic amines) is 1. The highest BCUT2D eigenvalue weighted by molar-refractivity contribution is 5.94. The molecule has 3 aliphatic rings. The largest absolute Gasteiger partial charge is 0.383 e. The number of hydrogen-bond acceptors (Lipinski definition) is 5. The van der Waals surface area contributed by atoms with E-state index in [4.69, 9.17) is 5.73 Å². The van der Waals surface area contributed by atoms with Gasteiger partial charge in [0.25, 0.3) is 5.91 Å². The first kappa shape index (κ1) is 20.0. The van der Waals surface area contributed by atoms with Gasteiger partial charge in [-0.3, -0.25) is 14.3 Å². The number of pyridine rings is 1. The molecule has 3 atom stereocenters. The average Bonchev–Trinajstić information content (AvgIpc) is 3.10. The Morgan fingerprint density at radius 1 is 1.15 bits per heavy atom. The van der Waals surface area contributed by atoms with E-state index in [1.54, 1.807) is 23.3 Å². The van der Waals surface area contributed by atoms with Crippen molar-refractivity contribution in [2.24, 2.45) is 11.8 Å². The van der Waals surface area contributed by atoms with Gasteiger partial charge in [0.05, 0.1) is 24.3 Å². The number of nitrogens with two attached hydrogens (primary N) is 1. The summed E-state index contributed by atoms with van der Waals surface area (Å²) in [4.78, 5) is 31.1. The minimum absolute atomic E-state index is 0.0536. The van der Waals surface area contributed by atoms with Gasteiger partial charge in [-0.05, 0) is 53.5 Å². The topological polar surface area (TPSA) is 106 Å². The number of piperidine rings is 1. The molecule has 3 heterocycles. The molecular weight excluding hydrogens is 416 g/mol. The number of fused-ring (bicyclic) bond motifs is 2. The quantitative estimate of drug-likeness (QED) is 0.609. The van der Waals surface area contributed by atoms with Gasteiger partial charge in [0, 0.05) is 31.4 Å². The predicted octanol–water partition coefficient (Wildman–Crippen LogP) is 2.30. The number of carbonyl (C=O) groups is 2. The summed E-state index contributed by atoms with van der Waals surface area (Å²) in [5, 5.41) is 7.47. The van der Waals surface area contributed by atoms with E-state index in [9.17, 15) is 9.59 Å². The minimum Gasteiger partial charge on any atom is -0.383 e. The number of nitrogens with one attached hydrogen (secondary N) is 1. The molecule has 0 radical (unpaired) electrons. The van der Waals surface area contributed by atoms with Crippen LogP contribution in [0, 0.1) is 11.8 Å². The van der Waals surface area contributed by atoms with Gasteiger partial charge in [-0.25, -0.2) is 4.98 Å². The molecule has 2 amide bonds. The number of nitrogens with zero attached hydrogens (tertiary/aromatic N) is 4. The van der Waals surface area contributed by atoms with Crippen LogP contribution < -0.4 is 11.1 Å². The lowest BCUT2D eigenvalue weighted by Gasteiger charge is -2.18. The first-order valence-corrected chi connectivity index (χ1v) is 11.5. The maximum Gasteiger partial charge on any atom is 0.254 e. The van der Waals surface area contributed by atoms with Gasteiger partial charge in [0.2, 0.25) is 5.91 Å². The molecule has 0 spiro atoms. The zero-order valence-electron chi connectivity index (χ0n) is 18.3. The zero-order chi connectivity index (χ0) is 22.5. The van der Waals surface area contributed by atoms with Gasteiger partial charge in [0.15, 0.2) is 0 Å². The van der Waals surface area contributed by atoms with Crippen LogP contribution in [0.2, 0.25) is 0 Å². The Labute approximate surface area is 191 Å². The molecule has 1 aliphatic heterocycles. The molecular formula is C25H26N6O2. The van der Waals surface area contributed by atoms with E-state index in [1.165, 1.54) is 0 Å². The fourth-order valence-corrected chi connectivity index (χ4v) is 5.19. The van der Waals surface area contributed by atoms with E-state index in [0.717, 1.165) is 48.1 Å². The molecule has 8 heteroatoms. The molecule has 8 nitrogen and oxygen atoms in total. The van der Waals surface area contributed by atoms with Crippen molar-refractivity contribution in [1.29, 1.82) is 0 Å². The molecule has 0 bridgehead atoms. The number of aromatic nitrogens is 3. The first-order chi connectivity index (χ1) is 16.0. The summed E-state index contributed by atoms with van der Waals surface area (Å²) in [6.07, 6.45) is 7.79. The molecule has 3 aromatic rings. The lowest BCUT2D eigenvalue weighted by Crippen LogP contribution is -2.27. The normalized spacial score (nSPS) is 22.8. The monoisotopic (exact) mass is 442 g/mol. The number of rotatable bonds is 6. The van der Waals surface area contributed by atoms with Gasteiger partial charge in [-0.15, -0.1) is 0 Å². The third-order valence-corrected chi connectivity index (χ3v) is 7.13. The van der Waals surface area contributed by atoms with Crippen LogP contribution in [-0.2, 0) is 24.3 Å². The van der Waals surface area contributed by atoms with E-state index in [-0.39, 0.29) is 11.9 Å². The Bertz CT molecular complexity index is 1230.